The molecule has 0 bridgehead atoms. The van der Waals surface area contributed by atoms with Crippen LogP contribution in [0.25, 0.3) is 0 Å². The van der Waals surface area contributed by atoms with E-state index in [2.05, 4.69) is 19.9 Å². The number of aryl methyl sites for hydroxylation is 1. The molecule has 0 saturated carbocycles. The Hall–Kier alpha value is -1.25. The number of hydrogen-bond acceptors (Lipinski definition) is 6. The second-order valence-corrected chi connectivity index (χ2v) is 6.51. The average molecular weight is 291 g/mol. The highest BCUT2D eigenvalue weighted by molar-refractivity contribution is 7.94. The molecule has 0 aliphatic carbocycles. The lowest BCUT2D eigenvalue weighted by molar-refractivity contribution is 0.602. The van der Waals surface area contributed by atoms with Crippen LogP contribution in [0.3, 0.4) is 0 Å². The number of aromatic nitrogens is 3. The molecule has 6 nitrogen and oxygen atoms in total. The highest BCUT2D eigenvalue weighted by Crippen LogP contribution is 2.27. The summed E-state index contributed by atoms with van der Waals surface area (Å²) in [7, 11) is -3.70. The molecule has 90 valence electrons. The number of nitrogens with one attached hydrogen (secondary N) is 1. The number of rotatable bonds is 3. The summed E-state index contributed by atoms with van der Waals surface area (Å²) >= 11 is 6.56. The monoisotopic (exact) mass is 290 g/mol. The van der Waals surface area contributed by atoms with Crippen LogP contribution in [0, 0.1) is 6.92 Å². The molecule has 0 atom stereocenters. The van der Waals surface area contributed by atoms with Crippen molar-refractivity contribution >= 4 is 38.8 Å². The molecule has 17 heavy (non-hydrogen) atoms. The Labute approximate surface area is 107 Å². The van der Waals surface area contributed by atoms with Crippen LogP contribution in [0.5, 0.6) is 0 Å². The Morgan fingerprint density at radius 3 is 2.76 bits per heavy atom. The van der Waals surface area contributed by atoms with Gasteiger partial charge < -0.3 is 0 Å². The van der Waals surface area contributed by atoms with Crippen LogP contribution < -0.4 is 4.72 Å². The van der Waals surface area contributed by atoms with Gasteiger partial charge in [-0.25, -0.2) is 13.4 Å². The molecule has 2 heterocycles. The molecular weight excluding hydrogens is 284 g/mol. The van der Waals surface area contributed by atoms with Gasteiger partial charge in [0.1, 0.15) is 0 Å². The topological polar surface area (TPSA) is 84.8 Å². The number of hydrogen-bond donors (Lipinski definition) is 1. The fourth-order valence-electron chi connectivity index (χ4n) is 1.14. The fraction of sp³-hybridized carbons (Fsp3) is 0.125. The molecule has 2 aromatic heterocycles. The fourth-order valence-corrected chi connectivity index (χ4v) is 3.88. The second-order valence-electron chi connectivity index (χ2n) is 3.05. The standard InChI is InChI=1S/C8H7ClN4O2S2/c1-5-7(16-8(9)11-5)17(14,15)13-6-3-2-4-10-12-6/h2-4H,1H3,(H,12,13). The molecule has 0 unspecified atom stereocenters. The van der Waals surface area contributed by atoms with E-state index < -0.39 is 10.0 Å². The average Bonchev–Trinajstić information content (AvgIpc) is 2.59. The van der Waals surface area contributed by atoms with E-state index in [0.29, 0.717) is 5.69 Å². The summed E-state index contributed by atoms with van der Waals surface area (Å²) in [5, 5.41) is 7.21. The molecular formula is C8H7ClN4O2S2. The highest BCUT2D eigenvalue weighted by Gasteiger charge is 2.21. The quantitative estimate of drug-likeness (QED) is 0.930. The molecule has 0 spiro atoms. The molecule has 0 amide bonds. The van der Waals surface area contributed by atoms with Crippen molar-refractivity contribution in [2.75, 3.05) is 4.72 Å². The zero-order valence-electron chi connectivity index (χ0n) is 8.58. The second kappa shape index (κ2) is 4.55. The summed E-state index contributed by atoms with van der Waals surface area (Å²) in [5.41, 5.74) is 0.358. The number of sulfonamides is 1. The summed E-state index contributed by atoms with van der Waals surface area (Å²) in [5.74, 6) is 0.149. The van der Waals surface area contributed by atoms with Crippen molar-refractivity contribution in [2.24, 2.45) is 0 Å². The first-order chi connectivity index (χ1) is 7.99. The lowest BCUT2D eigenvalue weighted by Crippen LogP contribution is -2.13. The molecule has 1 N–H and O–H groups in total. The summed E-state index contributed by atoms with van der Waals surface area (Å²) < 4.78 is 26.5. The van der Waals surface area contributed by atoms with Gasteiger partial charge in [0.2, 0.25) is 0 Å². The minimum Gasteiger partial charge on any atom is -0.261 e. The third kappa shape index (κ3) is 2.71. The molecule has 0 aliphatic heterocycles. The van der Waals surface area contributed by atoms with Gasteiger partial charge in [-0.1, -0.05) is 22.9 Å². The Morgan fingerprint density at radius 1 is 1.47 bits per heavy atom. The number of anilines is 1. The van der Waals surface area contributed by atoms with E-state index in [0.717, 1.165) is 11.3 Å². The van der Waals surface area contributed by atoms with Gasteiger partial charge in [0.15, 0.2) is 14.5 Å². The first-order valence-electron chi connectivity index (χ1n) is 4.42. The maximum absolute atomic E-state index is 12.0. The van der Waals surface area contributed by atoms with Crippen LogP contribution in [0.1, 0.15) is 5.69 Å². The van der Waals surface area contributed by atoms with Crippen molar-refractivity contribution in [1.29, 1.82) is 0 Å². The van der Waals surface area contributed by atoms with Gasteiger partial charge in [-0.15, -0.1) is 5.10 Å². The lowest BCUT2D eigenvalue weighted by Gasteiger charge is -2.04. The minimum atomic E-state index is -3.70. The Morgan fingerprint density at radius 2 is 2.24 bits per heavy atom. The first-order valence-corrected chi connectivity index (χ1v) is 7.10. The Balaban J connectivity index is 2.35. The van der Waals surface area contributed by atoms with Gasteiger partial charge in [-0.2, -0.15) is 5.10 Å². The van der Waals surface area contributed by atoms with E-state index in [1.165, 1.54) is 12.3 Å². The van der Waals surface area contributed by atoms with Crippen molar-refractivity contribution in [1.82, 2.24) is 15.2 Å². The normalized spacial score (nSPS) is 11.4. The summed E-state index contributed by atoms with van der Waals surface area (Å²) in [6.07, 6.45) is 1.45. The van der Waals surface area contributed by atoms with Gasteiger partial charge in [0.25, 0.3) is 10.0 Å². The summed E-state index contributed by atoms with van der Waals surface area (Å²) in [6.45, 7) is 1.58. The number of halogens is 1. The third-order valence-electron chi connectivity index (χ3n) is 1.78. The first kappa shape index (κ1) is 12.2. The third-order valence-corrected chi connectivity index (χ3v) is 5.01. The van der Waals surface area contributed by atoms with Gasteiger partial charge in [0, 0.05) is 6.20 Å². The molecule has 0 aliphatic rings. The van der Waals surface area contributed by atoms with Crippen molar-refractivity contribution < 1.29 is 8.42 Å². The molecule has 0 fully saturated rings. The van der Waals surface area contributed by atoms with E-state index >= 15 is 0 Å². The van der Waals surface area contributed by atoms with Crippen molar-refractivity contribution in [2.45, 2.75) is 11.1 Å². The SMILES string of the molecule is Cc1nc(Cl)sc1S(=O)(=O)Nc1cccnn1. The zero-order valence-corrected chi connectivity index (χ0v) is 11.0. The van der Waals surface area contributed by atoms with Crippen LogP contribution >= 0.6 is 22.9 Å². The molecule has 0 aromatic carbocycles. The predicted octanol–water partition coefficient (Wildman–Crippen LogP) is 1.70. The minimum absolute atomic E-state index is 0.0770. The number of nitrogens with zero attached hydrogens (tertiary/aromatic N) is 3. The largest absolute Gasteiger partial charge is 0.274 e. The van der Waals surface area contributed by atoms with Crippen molar-refractivity contribution in [3.05, 3.63) is 28.5 Å². The van der Waals surface area contributed by atoms with Crippen LogP contribution in [0.15, 0.2) is 22.5 Å². The van der Waals surface area contributed by atoms with Gasteiger partial charge in [0.05, 0.1) is 5.69 Å². The van der Waals surface area contributed by atoms with Crippen LogP contribution in [-0.4, -0.2) is 23.6 Å². The Kier molecular flexibility index (Phi) is 3.27. The van der Waals surface area contributed by atoms with Crippen LogP contribution in [0.2, 0.25) is 4.47 Å². The Bertz CT molecular complexity index is 626. The van der Waals surface area contributed by atoms with Gasteiger partial charge in [-0.3, -0.25) is 4.72 Å². The van der Waals surface area contributed by atoms with Gasteiger partial charge >= 0.3 is 0 Å². The molecule has 0 saturated heterocycles. The van der Waals surface area contributed by atoms with Crippen LogP contribution in [0.4, 0.5) is 5.82 Å². The van der Waals surface area contributed by atoms with Gasteiger partial charge in [-0.05, 0) is 19.1 Å². The number of thiazole rings is 1. The van der Waals surface area contributed by atoms with Crippen LogP contribution in [-0.2, 0) is 10.0 Å². The molecule has 9 heteroatoms. The maximum Gasteiger partial charge on any atom is 0.274 e. The summed E-state index contributed by atoms with van der Waals surface area (Å²) in [6, 6.07) is 3.08. The van der Waals surface area contributed by atoms with E-state index in [-0.39, 0.29) is 14.5 Å². The van der Waals surface area contributed by atoms with E-state index in [1.54, 1.807) is 13.0 Å². The van der Waals surface area contributed by atoms with Crippen molar-refractivity contribution in [3.8, 4) is 0 Å². The smallest absolute Gasteiger partial charge is 0.261 e. The lowest BCUT2D eigenvalue weighted by atomic mass is 10.6. The predicted molar refractivity (Wildman–Crippen MR) is 64.7 cm³/mol. The molecule has 2 aromatic rings. The molecule has 0 radical (unpaired) electrons. The molecule has 2 rings (SSSR count). The van der Waals surface area contributed by atoms with Crippen molar-refractivity contribution in [3.63, 3.8) is 0 Å². The maximum atomic E-state index is 12.0. The van der Waals surface area contributed by atoms with E-state index in [9.17, 15) is 8.42 Å². The van der Waals surface area contributed by atoms with E-state index in [1.807, 2.05) is 0 Å². The zero-order chi connectivity index (χ0) is 12.5. The highest BCUT2D eigenvalue weighted by atomic mass is 35.5. The summed E-state index contributed by atoms with van der Waals surface area (Å²) in [4.78, 5) is 3.85. The van der Waals surface area contributed by atoms with E-state index in [4.69, 9.17) is 11.6 Å².